The molecule has 0 spiro atoms. The molecule has 2 heterocycles. The number of carbonyl (C=O) groups is 2. The Morgan fingerprint density at radius 3 is 2.71 bits per heavy atom. The first-order chi connectivity index (χ1) is 10.1. The monoisotopic (exact) mass is 287 g/mol. The van der Waals surface area contributed by atoms with Crippen LogP contribution in [0.15, 0.2) is 24.3 Å². The molecule has 0 bridgehead atoms. The van der Waals surface area contributed by atoms with Crippen LogP contribution >= 0.6 is 0 Å². The number of hydrogen-bond acceptors (Lipinski definition) is 3. The van der Waals surface area contributed by atoms with Crippen LogP contribution in [0.4, 0.5) is 5.69 Å². The van der Waals surface area contributed by atoms with Gasteiger partial charge in [-0.2, -0.15) is 0 Å². The van der Waals surface area contributed by atoms with Crippen LogP contribution in [0.3, 0.4) is 0 Å². The Balaban J connectivity index is 1.73. The molecular weight excluding hydrogens is 266 g/mol. The van der Waals surface area contributed by atoms with E-state index in [1.165, 1.54) is 18.4 Å². The average molecular weight is 287 g/mol. The van der Waals surface area contributed by atoms with Gasteiger partial charge < -0.3 is 10.6 Å². The van der Waals surface area contributed by atoms with Gasteiger partial charge in [0.25, 0.3) is 0 Å². The number of benzene rings is 1. The summed E-state index contributed by atoms with van der Waals surface area (Å²) < 4.78 is 0. The molecule has 1 aromatic carbocycles. The third-order valence-corrected chi connectivity index (χ3v) is 4.35. The summed E-state index contributed by atoms with van der Waals surface area (Å²) in [7, 11) is 0. The van der Waals surface area contributed by atoms with Gasteiger partial charge in [0, 0.05) is 25.2 Å². The van der Waals surface area contributed by atoms with Gasteiger partial charge >= 0.3 is 0 Å². The number of anilines is 1. The van der Waals surface area contributed by atoms with Crippen LogP contribution in [0.2, 0.25) is 0 Å². The number of amides is 2. The molecule has 3 rings (SSSR count). The Morgan fingerprint density at radius 2 is 2.05 bits per heavy atom. The molecule has 2 saturated heterocycles. The number of rotatable bonds is 4. The van der Waals surface area contributed by atoms with E-state index in [0.29, 0.717) is 6.54 Å². The highest BCUT2D eigenvalue weighted by atomic mass is 16.2. The van der Waals surface area contributed by atoms with Crippen molar-refractivity contribution in [3.05, 3.63) is 29.8 Å². The fraction of sp³-hybridized carbons (Fsp3) is 0.500. The number of carbonyl (C=O) groups excluding carboxylic acids is 2. The first kappa shape index (κ1) is 14.1. The molecule has 0 aliphatic carbocycles. The maximum Gasteiger partial charge on any atom is 0.227 e. The van der Waals surface area contributed by atoms with Crippen molar-refractivity contribution in [2.75, 3.05) is 24.5 Å². The lowest BCUT2D eigenvalue weighted by Crippen LogP contribution is -2.28. The van der Waals surface area contributed by atoms with E-state index in [2.05, 4.69) is 17.0 Å². The first-order valence-corrected chi connectivity index (χ1v) is 7.54. The van der Waals surface area contributed by atoms with Gasteiger partial charge in [-0.05, 0) is 43.6 Å². The lowest BCUT2D eigenvalue weighted by molar-refractivity contribution is -0.123. The van der Waals surface area contributed by atoms with Gasteiger partial charge in [0.15, 0.2) is 0 Å². The Morgan fingerprint density at radius 1 is 1.29 bits per heavy atom. The van der Waals surface area contributed by atoms with E-state index in [9.17, 15) is 9.59 Å². The van der Waals surface area contributed by atoms with E-state index in [1.807, 2.05) is 12.1 Å². The minimum atomic E-state index is -0.390. The zero-order valence-electron chi connectivity index (χ0n) is 12.1. The summed E-state index contributed by atoms with van der Waals surface area (Å²) in [4.78, 5) is 27.4. The molecule has 2 fully saturated rings. The molecule has 2 N–H and O–H groups in total. The highest BCUT2D eigenvalue weighted by Gasteiger charge is 2.33. The predicted octanol–water partition coefficient (Wildman–Crippen LogP) is 1.12. The fourth-order valence-corrected chi connectivity index (χ4v) is 3.17. The molecule has 0 aromatic heterocycles. The predicted molar refractivity (Wildman–Crippen MR) is 80.6 cm³/mol. The SMILES string of the molecule is NC(=O)C1CC(=O)N(c2cccc(CN3CCCC3)c2)C1. The quantitative estimate of drug-likeness (QED) is 0.902. The maximum absolute atomic E-state index is 12.1. The molecule has 1 atom stereocenters. The topological polar surface area (TPSA) is 66.6 Å². The molecule has 5 heteroatoms. The molecule has 5 nitrogen and oxygen atoms in total. The van der Waals surface area contributed by atoms with Gasteiger partial charge in [0.05, 0.1) is 5.92 Å². The zero-order chi connectivity index (χ0) is 14.8. The fourth-order valence-electron chi connectivity index (χ4n) is 3.17. The van der Waals surface area contributed by atoms with Gasteiger partial charge in [-0.25, -0.2) is 0 Å². The van der Waals surface area contributed by atoms with E-state index in [1.54, 1.807) is 4.90 Å². The van der Waals surface area contributed by atoms with Crippen LogP contribution < -0.4 is 10.6 Å². The second-order valence-electron chi connectivity index (χ2n) is 5.96. The summed E-state index contributed by atoms with van der Waals surface area (Å²) in [6.45, 7) is 3.63. The van der Waals surface area contributed by atoms with Crippen molar-refractivity contribution in [2.24, 2.45) is 11.7 Å². The Kier molecular flexibility index (Phi) is 3.92. The lowest BCUT2D eigenvalue weighted by Gasteiger charge is -2.19. The number of hydrogen-bond donors (Lipinski definition) is 1. The lowest BCUT2D eigenvalue weighted by atomic mass is 10.1. The highest BCUT2D eigenvalue weighted by molar-refractivity contribution is 6.00. The Hall–Kier alpha value is -1.88. The van der Waals surface area contributed by atoms with Gasteiger partial charge in [0.2, 0.25) is 11.8 Å². The minimum absolute atomic E-state index is 0.0166. The van der Waals surface area contributed by atoms with Crippen molar-refractivity contribution in [1.82, 2.24) is 4.90 Å². The van der Waals surface area contributed by atoms with Gasteiger partial charge in [-0.15, -0.1) is 0 Å². The molecule has 21 heavy (non-hydrogen) atoms. The smallest absolute Gasteiger partial charge is 0.227 e. The molecule has 0 radical (unpaired) electrons. The minimum Gasteiger partial charge on any atom is -0.369 e. The standard InChI is InChI=1S/C16H21N3O2/c17-16(21)13-9-15(20)19(11-13)14-5-3-4-12(8-14)10-18-6-1-2-7-18/h3-5,8,13H,1-2,6-7,9-11H2,(H2,17,21). The first-order valence-electron chi connectivity index (χ1n) is 7.54. The maximum atomic E-state index is 12.1. The summed E-state index contributed by atoms with van der Waals surface area (Å²) in [5, 5.41) is 0. The second kappa shape index (κ2) is 5.85. The van der Waals surface area contributed by atoms with E-state index in [-0.39, 0.29) is 24.2 Å². The third-order valence-electron chi connectivity index (χ3n) is 4.35. The van der Waals surface area contributed by atoms with Crippen LogP contribution in [0.5, 0.6) is 0 Å². The van der Waals surface area contributed by atoms with E-state index >= 15 is 0 Å². The van der Waals surface area contributed by atoms with E-state index < -0.39 is 0 Å². The van der Waals surface area contributed by atoms with Crippen LogP contribution in [-0.2, 0) is 16.1 Å². The highest BCUT2D eigenvalue weighted by Crippen LogP contribution is 2.26. The molecule has 2 aliphatic rings. The van der Waals surface area contributed by atoms with Crippen molar-refractivity contribution in [3.8, 4) is 0 Å². The number of primary amides is 1. The molecule has 1 unspecified atom stereocenters. The Bertz CT molecular complexity index is 552. The van der Waals surface area contributed by atoms with Crippen LogP contribution in [0, 0.1) is 5.92 Å². The van der Waals surface area contributed by atoms with E-state index in [4.69, 9.17) is 5.73 Å². The largest absolute Gasteiger partial charge is 0.369 e. The van der Waals surface area contributed by atoms with Crippen LogP contribution in [-0.4, -0.2) is 36.3 Å². The Labute approximate surface area is 124 Å². The summed E-state index contributed by atoms with van der Waals surface area (Å²) >= 11 is 0. The molecule has 112 valence electrons. The molecular formula is C16H21N3O2. The summed E-state index contributed by atoms with van der Waals surface area (Å²) in [5.41, 5.74) is 7.40. The number of nitrogens with two attached hydrogens (primary N) is 1. The zero-order valence-corrected chi connectivity index (χ0v) is 12.1. The molecule has 0 saturated carbocycles. The van der Waals surface area contributed by atoms with Crippen molar-refractivity contribution < 1.29 is 9.59 Å². The summed E-state index contributed by atoms with van der Waals surface area (Å²) in [5.74, 6) is -0.768. The molecule has 2 aliphatic heterocycles. The van der Waals surface area contributed by atoms with Crippen molar-refractivity contribution >= 4 is 17.5 Å². The second-order valence-corrected chi connectivity index (χ2v) is 5.96. The summed E-state index contributed by atoms with van der Waals surface area (Å²) in [6, 6.07) is 8.05. The normalized spacial score (nSPS) is 23.0. The molecule has 1 aromatic rings. The van der Waals surface area contributed by atoms with Crippen LogP contribution in [0.1, 0.15) is 24.8 Å². The number of likely N-dealkylation sites (tertiary alicyclic amines) is 1. The van der Waals surface area contributed by atoms with Crippen molar-refractivity contribution in [2.45, 2.75) is 25.8 Å². The van der Waals surface area contributed by atoms with Gasteiger partial charge in [-0.1, -0.05) is 12.1 Å². The molecule has 2 amide bonds. The van der Waals surface area contributed by atoms with Gasteiger partial charge in [0.1, 0.15) is 0 Å². The number of nitrogens with zero attached hydrogens (tertiary/aromatic N) is 2. The van der Waals surface area contributed by atoms with Crippen molar-refractivity contribution in [3.63, 3.8) is 0 Å². The van der Waals surface area contributed by atoms with Crippen LogP contribution in [0.25, 0.3) is 0 Å². The van der Waals surface area contributed by atoms with Gasteiger partial charge in [-0.3, -0.25) is 14.5 Å². The van der Waals surface area contributed by atoms with Crippen molar-refractivity contribution in [1.29, 1.82) is 0 Å². The summed E-state index contributed by atoms with van der Waals surface area (Å²) in [6.07, 6.45) is 2.76. The average Bonchev–Trinajstić information content (AvgIpc) is 3.08. The van der Waals surface area contributed by atoms with E-state index in [0.717, 1.165) is 25.3 Å². The third kappa shape index (κ3) is 3.08.